The average molecular weight is 235 g/mol. The highest BCUT2D eigenvalue weighted by atomic mass is 19.1. The lowest BCUT2D eigenvalue weighted by molar-refractivity contribution is -0.117. The van der Waals surface area contributed by atoms with Crippen LogP contribution in [-0.4, -0.2) is 18.4 Å². The number of hydrogen-bond donors (Lipinski definition) is 0. The fourth-order valence-electron chi connectivity index (χ4n) is 2.56. The molecule has 1 unspecified atom stereocenters. The Bertz CT molecular complexity index is 442. The molecule has 1 aromatic carbocycles. The monoisotopic (exact) mass is 235 g/mol. The van der Waals surface area contributed by atoms with Gasteiger partial charge in [-0.05, 0) is 44.5 Å². The maximum absolute atomic E-state index is 13.3. The third kappa shape index (κ3) is 2.33. The van der Waals surface area contributed by atoms with Gasteiger partial charge in [-0.3, -0.25) is 0 Å². The first-order valence-corrected chi connectivity index (χ1v) is 6.04. The van der Waals surface area contributed by atoms with Crippen LogP contribution in [-0.2, 0) is 4.79 Å². The summed E-state index contributed by atoms with van der Waals surface area (Å²) in [5.74, 6) is 0.0827. The van der Waals surface area contributed by atoms with E-state index in [0.717, 1.165) is 17.8 Å². The zero-order valence-corrected chi connectivity index (χ0v) is 10.5. The van der Waals surface area contributed by atoms with Gasteiger partial charge in [0.1, 0.15) is 11.6 Å². The summed E-state index contributed by atoms with van der Waals surface area (Å²) in [4.78, 5) is 13.5. The van der Waals surface area contributed by atoms with Gasteiger partial charge in [-0.15, -0.1) is 0 Å². The molecule has 2 nitrogen and oxygen atoms in total. The second-order valence-corrected chi connectivity index (χ2v) is 5.05. The summed E-state index contributed by atoms with van der Waals surface area (Å²) >= 11 is 0. The third-order valence-corrected chi connectivity index (χ3v) is 3.31. The summed E-state index contributed by atoms with van der Waals surface area (Å²) in [6, 6.07) is 5.26. The molecule has 1 atom stereocenters. The molecule has 0 radical (unpaired) electrons. The number of Topliss-reactive ketones (excluding diaryl/α,β-unsaturated/α-hetero) is 1. The molecule has 17 heavy (non-hydrogen) atoms. The van der Waals surface area contributed by atoms with Gasteiger partial charge in [0.15, 0.2) is 0 Å². The molecule has 1 aliphatic rings. The molecule has 3 heteroatoms. The Morgan fingerprint density at radius 1 is 1.53 bits per heavy atom. The highest BCUT2D eigenvalue weighted by Crippen LogP contribution is 2.39. The SMILES string of the molecule is CC(=O)CC1CN(C(C)C)c2ccc(F)cc21. The first-order valence-electron chi connectivity index (χ1n) is 6.04. The van der Waals surface area contributed by atoms with Crippen LogP contribution in [0.3, 0.4) is 0 Å². The van der Waals surface area contributed by atoms with Crippen LogP contribution in [0.4, 0.5) is 10.1 Å². The maximum Gasteiger partial charge on any atom is 0.130 e. The van der Waals surface area contributed by atoms with Gasteiger partial charge in [-0.1, -0.05) is 0 Å². The van der Waals surface area contributed by atoms with Crippen molar-refractivity contribution in [2.75, 3.05) is 11.4 Å². The lowest BCUT2D eigenvalue weighted by Gasteiger charge is -2.24. The highest BCUT2D eigenvalue weighted by Gasteiger charge is 2.30. The van der Waals surface area contributed by atoms with E-state index in [1.807, 2.05) is 6.07 Å². The number of fused-ring (bicyclic) bond motifs is 1. The number of nitrogens with zero attached hydrogens (tertiary/aromatic N) is 1. The van der Waals surface area contributed by atoms with Crippen molar-refractivity contribution in [1.82, 2.24) is 0 Å². The number of carbonyl (C=O) groups excluding carboxylic acids is 1. The van der Waals surface area contributed by atoms with Crippen molar-refractivity contribution in [2.45, 2.75) is 39.2 Å². The first-order chi connectivity index (χ1) is 7.99. The van der Waals surface area contributed by atoms with Crippen molar-refractivity contribution in [1.29, 1.82) is 0 Å². The van der Waals surface area contributed by atoms with Gasteiger partial charge in [0.05, 0.1) is 0 Å². The van der Waals surface area contributed by atoms with Crippen molar-refractivity contribution >= 4 is 11.5 Å². The van der Waals surface area contributed by atoms with E-state index in [1.165, 1.54) is 6.07 Å². The molecule has 92 valence electrons. The number of rotatable bonds is 3. The fourth-order valence-corrected chi connectivity index (χ4v) is 2.56. The Hall–Kier alpha value is -1.38. The largest absolute Gasteiger partial charge is 0.368 e. The lowest BCUT2D eigenvalue weighted by Crippen LogP contribution is -2.29. The fraction of sp³-hybridized carbons (Fsp3) is 0.500. The number of halogens is 1. The minimum absolute atomic E-state index is 0.139. The van der Waals surface area contributed by atoms with Crippen molar-refractivity contribution in [3.8, 4) is 0 Å². The normalized spacial score (nSPS) is 18.6. The van der Waals surface area contributed by atoms with Gasteiger partial charge >= 0.3 is 0 Å². The molecule has 0 saturated heterocycles. The topological polar surface area (TPSA) is 20.3 Å². The van der Waals surface area contributed by atoms with E-state index in [9.17, 15) is 9.18 Å². The van der Waals surface area contributed by atoms with Crippen molar-refractivity contribution in [3.63, 3.8) is 0 Å². The van der Waals surface area contributed by atoms with E-state index in [2.05, 4.69) is 18.7 Å². The van der Waals surface area contributed by atoms with Crippen LogP contribution in [0.25, 0.3) is 0 Å². The molecule has 0 amide bonds. The Morgan fingerprint density at radius 3 is 2.82 bits per heavy atom. The van der Waals surface area contributed by atoms with Crippen LogP contribution in [0.1, 0.15) is 38.7 Å². The van der Waals surface area contributed by atoms with Gasteiger partial charge in [-0.2, -0.15) is 0 Å². The van der Waals surface area contributed by atoms with Gasteiger partial charge in [0.25, 0.3) is 0 Å². The van der Waals surface area contributed by atoms with E-state index in [0.29, 0.717) is 12.5 Å². The standard InChI is InChI=1S/C14H18FNO/c1-9(2)16-8-11(6-10(3)17)13-7-12(15)4-5-14(13)16/h4-5,7,9,11H,6,8H2,1-3H3. The molecule has 1 aliphatic heterocycles. The molecule has 0 saturated carbocycles. The van der Waals surface area contributed by atoms with Crippen LogP contribution >= 0.6 is 0 Å². The van der Waals surface area contributed by atoms with E-state index >= 15 is 0 Å². The zero-order chi connectivity index (χ0) is 12.6. The van der Waals surface area contributed by atoms with Crippen LogP contribution < -0.4 is 4.90 Å². The smallest absolute Gasteiger partial charge is 0.130 e. The Kier molecular flexibility index (Phi) is 3.18. The summed E-state index contributed by atoms with van der Waals surface area (Å²) in [6.07, 6.45) is 0.500. The predicted molar refractivity (Wildman–Crippen MR) is 66.9 cm³/mol. The highest BCUT2D eigenvalue weighted by molar-refractivity contribution is 5.78. The molecule has 0 fully saturated rings. The average Bonchev–Trinajstić information content (AvgIpc) is 2.56. The summed E-state index contributed by atoms with van der Waals surface area (Å²) in [5.41, 5.74) is 2.06. The molecule has 0 aliphatic carbocycles. The number of hydrogen-bond acceptors (Lipinski definition) is 2. The number of ketones is 1. The third-order valence-electron chi connectivity index (χ3n) is 3.31. The van der Waals surface area contributed by atoms with E-state index < -0.39 is 0 Å². The number of anilines is 1. The van der Waals surface area contributed by atoms with Gasteiger partial charge in [0.2, 0.25) is 0 Å². The molecule has 1 heterocycles. The molecule has 0 spiro atoms. The molecule has 0 aromatic heterocycles. The van der Waals surface area contributed by atoms with Gasteiger partial charge < -0.3 is 9.69 Å². The Morgan fingerprint density at radius 2 is 2.24 bits per heavy atom. The Balaban J connectivity index is 2.37. The summed E-state index contributed by atoms with van der Waals surface area (Å²) in [7, 11) is 0. The summed E-state index contributed by atoms with van der Waals surface area (Å²) in [5, 5.41) is 0. The van der Waals surface area contributed by atoms with Crippen LogP contribution in [0.2, 0.25) is 0 Å². The van der Waals surface area contributed by atoms with Crippen LogP contribution in [0.15, 0.2) is 18.2 Å². The second kappa shape index (κ2) is 4.47. The van der Waals surface area contributed by atoms with Gasteiger partial charge in [0, 0.05) is 30.6 Å². The van der Waals surface area contributed by atoms with Crippen molar-refractivity contribution in [3.05, 3.63) is 29.6 Å². The maximum atomic E-state index is 13.3. The van der Waals surface area contributed by atoms with Crippen LogP contribution in [0, 0.1) is 5.82 Å². The van der Waals surface area contributed by atoms with Gasteiger partial charge in [-0.25, -0.2) is 4.39 Å². The van der Waals surface area contributed by atoms with Crippen molar-refractivity contribution in [2.24, 2.45) is 0 Å². The van der Waals surface area contributed by atoms with E-state index in [1.54, 1.807) is 13.0 Å². The molecule has 0 N–H and O–H groups in total. The molecule has 2 rings (SSSR count). The Labute approximate surface area is 101 Å². The van der Waals surface area contributed by atoms with Crippen molar-refractivity contribution < 1.29 is 9.18 Å². The second-order valence-electron chi connectivity index (χ2n) is 5.05. The summed E-state index contributed by atoms with van der Waals surface area (Å²) in [6.45, 7) is 6.64. The quantitative estimate of drug-likeness (QED) is 0.802. The number of benzene rings is 1. The molecule has 1 aromatic rings. The summed E-state index contributed by atoms with van der Waals surface area (Å²) < 4.78 is 13.3. The predicted octanol–water partition coefficient (Wildman–Crippen LogP) is 3.12. The number of carbonyl (C=O) groups is 1. The first kappa shape index (κ1) is 12.1. The molecular weight excluding hydrogens is 217 g/mol. The molecule has 0 bridgehead atoms. The van der Waals surface area contributed by atoms with Crippen LogP contribution in [0.5, 0.6) is 0 Å². The lowest BCUT2D eigenvalue weighted by atomic mass is 9.96. The molecular formula is C14H18FNO. The van der Waals surface area contributed by atoms with E-state index in [-0.39, 0.29) is 17.5 Å². The minimum Gasteiger partial charge on any atom is -0.368 e. The minimum atomic E-state index is -0.220. The van der Waals surface area contributed by atoms with E-state index in [4.69, 9.17) is 0 Å². The zero-order valence-electron chi connectivity index (χ0n) is 10.5.